The summed E-state index contributed by atoms with van der Waals surface area (Å²) in [6.45, 7) is 5.35. The molecule has 1 fully saturated rings. The number of rotatable bonds is 5. The van der Waals surface area contributed by atoms with Gasteiger partial charge in [0.1, 0.15) is 12.6 Å². The zero-order chi connectivity index (χ0) is 12.3. The molecule has 1 saturated heterocycles. The fourth-order valence-corrected chi connectivity index (χ4v) is 2.68. The van der Waals surface area contributed by atoms with E-state index in [0.717, 1.165) is 6.54 Å². The van der Waals surface area contributed by atoms with Crippen molar-refractivity contribution in [3.8, 4) is 0 Å². The van der Waals surface area contributed by atoms with Crippen LogP contribution in [0.2, 0.25) is 0 Å². The fourth-order valence-electron chi connectivity index (χ4n) is 2.68. The Balaban J connectivity index is 2.76. The molecule has 4 heteroatoms. The average Bonchev–Trinajstić information content (AvgIpc) is 2.50. The van der Waals surface area contributed by atoms with Gasteiger partial charge in [0.05, 0.1) is 13.6 Å². The van der Waals surface area contributed by atoms with E-state index in [0.29, 0.717) is 23.9 Å². The van der Waals surface area contributed by atoms with Crippen molar-refractivity contribution in [1.82, 2.24) is 0 Å². The molecular weight excluding hydrogens is 206 g/mol. The lowest BCUT2D eigenvalue weighted by Crippen LogP contribution is -2.53. The minimum absolute atomic E-state index is 0.0156. The van der Waals surface area contributed by atoms with Crippen LogP contribution in [0.3, 0.4) is 0 Å². The molecule has 0 bridgehead atoms. The molecule has 3 atom stereocenters. The second-order valence-electron chi connectivity index (χ2n) is 5.43. The molecular formula is C12H24NO3+. The third kappa shape index (κ3) is 2.81. The summed E-state index contributed by atoms with van der Waals surface area (Å²) in [5.74, 6) is 0.249. The van der Waals surface area contributed by atoms with Gasteiger partial charge in [-0.2, -0.15) is 0 Å². The first-order valence-corrected chi connectivity index (χ1v) is 6.07. The lowest BCUT2D eigenvalue weighted by molar-refractivity contribution is -0.913. The first kappa shape index (κ1) is 13.6. The maximum atomic E-state index is 12.1. The van der Waals surface area contributed by atoms with Gasteiger partial charge in [0, 0.05) is 25.4 Å². The maximum Gasteiger partial charge on any atom is 0.192 e. The molecule has 2 N–H and O–H groups in total. The molecule has 1 aliphatic heterocycles. The van der Waals surface area contributed by atoms with E-state index in [2.05, 4.69) is 0 Å². The summed E-state index contributed by atoms with van der Waals surface area (Å²) in [4.78, 5) is 12.1. The van der Waals surface area contributed by atoms with Gasteiger partial charge in [-0.05, 0) is 0 Å². The predicted octanol–water partition coefficient (Wildman–Crippen LogP) is 0.174. The zero-order valence-corrected chi connectivity index (χ0v) is 10.5. The SMILES string of the molecule is CC(C)C(=O)[C@@H]1C[C@@H](O)C[N+]1(C)CCCO. The van der Waals surface area contributed by atoms with Crippen LogP contribution < -0.4 is 0 Å². The predicted molar refractivity (Wildman–Crippen MR) is 61.9 cm³/mol. The minimum Gasteiger partial charge on any atom is -0.396 e. The smallest absolute Gasteiger partial charge is 0.192 e. The van der Waals surface area contributed by atoms with E-state index < -0.39 is 0 Å². The number of aliphatic hydroxyl groups is 2. The summed E-state index contributed by atoms with van der Waals surface area (Å²) in [6.07, 6.45) is 0.876. The molecule has 0 spiro atoms. The number of hydrogen-bond donors (Lipinski definition) is 2. The van der Waals surface area contributed by atoms with E-state index in [9.17, 15) is 9.90 Å². The van der Waals surface area contributed by atoms with Crippen molar-refractivity contribution in [2.75, 3.05) is 26.7 Å². The second-order valence-corrected chi connectivity index (χ2v) is 5.43. The molecule has 16 heavy (non-hydrogen) atoms. The Hall–Kier alpha value is -0.450. The molecule has 1 unspecified atom stereocenters. The topological polar surface area (TPSA) is 57.5 Å². The molecule has 0 aromatic carbocycles. The van der Waals surface area contributed by atoms with Crippen LogP contribution in [0, 0.1) is 5.92 Å². The van der Waals surface area contributed by atoms with E-state index in [1.54, 1.807) is 0 Å². The van der Waals surface area contributed by atoms with Gasteiger partial charge in [-0.15, -0.1) is 0 Å². The molecule has 4 nitrogen and oxygen atoms in total. The van der Waals surface area contributed by atoms with Crippen LogP contribution in [0.15, 0.2) is 0 Å². The summed E-state index contributed by atoms with van der Waals surface area (Å²) < 4.78 is 0.582. The largest absolute Gasteiger partial charge is 0.396 e. The first-order chi connectivity index (χ1) is 7.40. The minimum atomic E-state index is -0.378. The standard InChI is InChI=1S/C12H24NO3/c1-9(2)12(16)11-7-10(15)8-13(11,3)5-4-6-14/h9-11,14-15H,4-8H2,1-3H3/q+1/t10-,11+,13?/m1/s1. The first-order valence-electron chi connectivity index (χ1n) is 6.07. The van der Waals surface area contributed by atoms with E-state index in [-0.39, 0.29) is 30.5 Å². The van der Waals surface area contributed by atoms with Crippen LogP contribution in [0.5, 0.6) is 0 Å². The van der Waals surface area contributed by atoms with Gasteiger partial charge in [0.15, 0.2) is 11.8 Å². The molecule has 0 aliphatic carbocycles. The van der Waals surface area contributed by atoms with Crippen molar-refractivity contribution >= 4 is 5.78 Å². The molecule has 94 valence electrons. The molecule has 0 aromatic rings. The Labute approximate surface area is 97.5 Å². The quantitative estimate of drug-likeness (QED) is 0.662. The van der Waals surface area contributed by atoms with Crippen molar-refractivity contribution in [1.29, 1.82) is 0 Å². The van der Waals surface area contributed by atoms with Gasteiger partial charge in [-0.1, -0.05) is 13.8 Å². The van der Waals surface area contributed by atoms with E-state index in [1.165, 1.54) is 0 Å². The highest BCUT2D eigenvalue weighted by Crippen LogP contribution is 2.28. The van der Waals surface area contributed by atoms with Crippen molar-refractivity contribution in [2.45, 2.75) is 38.8 Å². The van der Waals surface area contributed by atoms with Crippen molar-refractivity contribution < 1.29 is 19.5 Å². The van der Waals surface area contributed by atoms with Gasteiger partial charge in [0.25, 0.3) is 0 Å². The van der Waals surface area contributed by atoms with Crippen LogP contribution in [-0.2, 0) is 4.79 Å². The molecule has 0 radical (unpaired) electrons. The number of Topliss-reactive ketones (excluding diaryl/α,β-unsaturated/α-hetero) is 1. The van der Waals surface area contributed by atoms with E-state index in [1.807, 2.05) is 20.9 Å². The molecule has 0 aromatic heterocycles. The summed E-state index contributed by atoms with van der Waals surface area (Å²) in [6, 6.07) is -0.0958. The Morgan fingerprint density at radius 1 is 1.50 bits per heavy atom. The van der Waals surface area contributed by atoms with Gasteiger partial charge in [-0.25, -0.2) is 0 Å². The van der Waals surface area contributed by atoms with E-state index in [4.69, 9.17) is 5.11 Å². The van der Waals surface area contributed by atoms with Gasteiger partial charge >= 0.3 is 0 Å². The van der Waals surface area contributed by atoms with Crippen molar-refractivity contribution in [2.24, 2.45) is 5.92 Å². The lowest BCUT2D eigenvalue weighted by atomic mass is 9.98. The van der Waals surface area contributed by atoms with Crippen LogP contribution in [0.25, 0.3) is 0 Å². The number of carbonyl (C=O) groups is 1. The van der Waals surface area contributed by atoms with Crippen LogP contribution in [0.4, 0.5) is 0 Å². The second kappa shape index (κ2) is 5.25. The highest BCUT2D eigenvalue weighted by atomic mass is 16.3. The number of nitrogens with zero attached hydrogens (tertiary/aromatic N) is 1. The number of ketones is 1. The summed E-state index contributed by atoms with van der Waals surface area (Å²) >= 11 is 0. The van der Waals surface area contributed by atoms with Crippen LogP contribution >= 0.6 is 0 Å². The maximum absolute atomic E-state index is 12.1. The van der Waals surface area contributed by atoms with E-state index >= 15 is 0 Å². The zero-order valence-electron chi connectivity index (χ0n) is 10.5. The number of hydrogen-bond acceptors (Lipinski definition) is 3. The summed E-state index contributed by atoms with van der Waals surface area (Å²) in [5.41, 5.74) is 0. The third-order valence-corrected chi connectivity index (χ3v) is 3.60. The Morgan fingerprint density at radius 2 is 2.12 bits per heavy atom. The molecule has 1 heterocycles. The number of aliphatic hydroxyl groups excluding tert-OH is 2. The lowest BCUT2D eigenvalue weighted by Gasteiger charge is -2.35. The van der Waals surface area contributed by atoms with Crippen molar-refractivity contribution in [3.63, 3.8) is 0 Å². The summed E-state index contributed by atoms with van der Waals surface area (Å²) in [7, 11) is 2.01. The van der Waals surface area contributed by atoms with Gasteiger partial charge in [0.2, 0.25) is 0 Å². The van der Waals surface area contributed by atoms with Gasteiger partial charge < -0.3 is 14.7 Å². The number of quaternary nitrogens is 1. The third-order valence-electron chi connectivity index (χ3n) is 3.60. The highest BCUT2D eigenvalue weighted by molar-refractivity contribution is 5.85. The molecule has 1 rings (SSSR count). The normalized spacial score (nSPS) is 34.6. The molecule has 0 saturated carbocycles. The molecule has 1 aliphatic rings. The fraction of sp³-hybridized carbons (Fsp3) is 0.917. The Morgan fingerprint density at radius 3 is 2.62 bits per heavy atom. The Bertz CT molecular complexity index is 255. The van der Waals surface area contributed by atoms with Crippen LogP contribution in [-0.4, -0.2) is 59.4 Å². The summed E-state index contributed by atoms with van der Waals surface area (Å²) in [5, 5.41) is 18.6. The molecule has 0 amide bonds. The highest BCUT2D eigenvalue weighted by Gasteiger charge is 2.47. The van der Waals surface area contributed by atoms with Crippen LogP contribution in [0.1, 0.15) is 26.7 Å². The monoisotopic (exact) mass is 230 g/mol. The number of likely N-dealkylation sites (tertiary alicyclic amines) is 1. The average molecular weight is 230 g/mol. The van der Waals surface area contributed by atoms with Gasteiger partial charge in [-0.3, -0.25) is 4.79 Å². The number of likely N-dealkylation sites (N-methyl/N-ethyl adjacent to an activating group) is 1. The van der Waals surface area contributed by atoms with Crippen molar-refractivity contribution in [3.05, 3.63) is 0 Å². The Kier molecular flexibility index (Phi) is 4.47. The number of carbonyl (C=O) groups excluding carboxylic acids is 1.